The maximum Gasteiger partial charge on any atom is 0.317 e. The number of amides is 3. The van der Waals surface area contributed by atoms with Gasteiger partial charge in [0.05, 0.1) is 0 Å². The molecule has 1 aliphatic rings. The molecule has 1 rings (SSSR count). The highest BCUT2D eigenvalue weighted by Crippen LogP contribution is 2.19. The zero-order valence-electron chi connectivity index (χ0n) is 9.52. The molecule has 7 heteroatoms. The number of rotatable bonds is 5. The highest BCUT2D eigenvalue weighted by atomic mass is 16.4. The number of likely N-dealkylation sites (tertiary alicyclic amines) is 1. The second kappa shape index (κ2) is 6.07. The Morgan fingerprint density at radius 3 is 2.71 bits per heavy atom. The number of hydrogen-bond acceptors (Lipinski definition) is 3. The number of carbonyl (C=O) groups is 3. The molecule has 96 valence electrons. The van der Waals surface area contributed by atoms with E-state index < -0.39 is 11.9 Å². The normalized spacial score (nSPS) is 19.1. The number of carbonyl (C=O) groups excluding carboxylic acids is 2. The molecule has 0 aromatic carbocycles. The van der Waals surface area contributed by atoms with Crippen LogP contribution in [0.4, 0.5) is 4.79 Å². The first-order valence-electron chi connectivity index (χ1n) is 5.52. The number of carboxylic acid groups (broad SMARTS) is 1. The van der Waals surface area contributed by atoms with Crippen LogP contribution in [-0.2, 0) is 9.59 Å². The summed E-state index contributed by atoms with van der Waals surface area (Å²) in [6.45, 7) is 1.23. The molecule has 1 aliphatic heterocycles. The summed E-state index contributed by atoms with van der Waals surface area (Å²) in [4.78, 5) is 34.1. The maximum absolute atomic E-state index is 11.6. The van der Waals surface area contributed by atoms with E-state index in [0.29, 0.717) is 19.5 Å². The first-order valence-corrected chi connectivity index (χ1v) is 5.52. The van der Waals surface area contributed by atoms with Gasteiger partial charge in [0.15, 0.2) is 0 Å². The van der Waals surface area contributed by atoms with E-state index in [-0.39, 0.29) is 31.3 Å². The van der Waals surface area contributed by atoms with Crippen molar-refractivity contribution in [3.05, 3.63) is 0 Å². The van der Waals surface area contributed by atoms with E-state index in [9.17, 15) is 14.4 Å². The van der Waals surface area contributed by atoms with Crippen molar-refractivity contribution >= 4 is 17.9 Å². The van der Waals surface area contributed by atoms with Crippen molar-refractivity contribution in [1.82, 2.24) is 10.2 Å². The minimum Gasteiger partial charge on any atom is -0.481 e. The average molecular weight is 243 g/mol. The highest BCUT2D eigenvalue weighted by Gasteiger charge is 2.27. The predicted molar refractivity (Wildman–Crippen MR) is 59.1 cm³/mol. The zero-order chi connectivity index (χ0) is 12.8. The van der Waals surface area contributed by atoms with Crippen molar-refractivity contribution in [2.75, 3.05) is 19.6 Å². The van der Waals surface area contributed by atoms with Crippen LogP contribution in [-0.4, -0.2) is 47.5 Å². The third-order valence-electron chi connectivity index (χ3n) is 2.68. The molecule has 1 fully saturated rings. The quantitative estimate of drug-likeness (QED) is 0.596. The molecule has 0 radical (unpaired) electrons. The van der Waals surface area contributed by atoms with E-state index >= 15 is 0 Å². The molecule has 0 aliphatic carbocycles. The van der Waals surface area contributed by atoms with Gasteiger partial charge in [-0.05, 0) is 12.3 Å². The van der Waals surface area contributed by atoms with Crippen LogP contribution in [0.15, 0.2) is 0 Å². The number of aliphatic carboxylic acids is 1. The molecule has 17 heavy (non-hydrogen) atoms. The van der Waals surface area contributed by atoms with Gasteiger partial charge in [0.25, 0.3) is 0 Å². The number of primary amides is 1. The third-order valence-corrected chi connectivity index (χ3v) is 2.68. The van der Waals surface area contributed by atoms with Gasteiger partial charge in [-0.1, -0.05) is 0 Å². The number of nitrogens with one attached hydrogen (secondary N) is 1. The number of carboxylic acids is 1. The van der Waals surface area contributed by atoms with Gasteiger partial charge < -0.3 is 21.1 Å². The predicted octanol–water partition coefficient (Wildman–Crippen LogP) is -0.632. The molecular formula is C10H17N3O4. The topological polar surface area (TPSA) is 113 Å². The van der Waals surface area contributed by atoms with E-state index in [4.69, 9.17) is 10.8 Å². The van der Waals surface area contributed by atoms with Crippen LogP contribution < -0.4 is 11.1 Å². The van der Waals surface area contributed by atoms with Gasteiger partial charge in [-0.2, -0.15) is 0 Å². The van der Waals surface area contributed by atoms with Gasteiger partial charge in [0.2, 0.25) is 5.91 Å². The van der Waals surface area contributed by atoms with E-state index in [1.807, 2.05) is 0 Å². The molecule has 0 aromatic heterocycles. The molecule has 0 bridgehead atoms. The highest BCUT2D eigenvalue weighted by molar-refractivity contribution is 5.77. The van der Waals surface area contributed by atoms with Crippen LogP contribution in [0.2, 0.25) is 0 Å². The van der Waals surface area contributed by atoms with Crippen LogP contribution >= 0.6 is 0 Å². The number of nitrogens with zero attached hydrogens (tertiary/aromatic N) is 1. The van der Waals surface area contributed by atoms with Crippen LogP contribution in [0, 0.1) is 5.92 Å². The summed E-state index contributed by atoms with van der Waals surface area (Å²) < 4.78 is 0. The van der Waals surface area contributed by atoms with Crippen LogP contribution in [0.25, 0.3) is 0 Å². The summed E-state index contributed by atoms with van der Waals surface area (Å²) >= 11 is 0. The van der Waals surface area contributed by atoms with E-state index in [1.165, 1.54) is 0 Å². The summed E-state index contributed by atoms with van der Waals surface area (Å²) in [5, 5.41) is 11.2. The monoisotopic (exact) mass is 243 g/mol. The van der Waals surface area contributed by atoms with Crippen molar-refractivity contribution in [3.8, 4) is 0 Å². The Balaban J connectivity index is 2.25. The fourth-order valence-electron chi connectivity index (χ4n) is 1.84. The fourth-order valence-corrected chi connectivity index (χ4v) is 1.84. The zero-order valence-corrected chi connectivity index (χ0v) is 9.52. The van der Waals surface area contributed by atoms with E-state index in [0.717, 1.165) is 0 Å². The van der Waals surface area contributed by atoms with Gasteiger partial charge in [-0.25, -0.2) is 4.79 Å². The van der Waals surface area contributed by atoms with Gasteiger partial charge in [-0.15, -0.1) is 0 Å². The SMILES string of the molecule is NC(=O)CCNC(=O)N1CCC(CC(=O)O)C1. The smallest absolute Gasteiger partial charge is 0.317 e. The van der Waals surface area contributed by atoms with Crippen molar-refractivity contribution in [3.63, 3.8) is 0 Å². The first-order chi connectivity index (χ1) is 7.99. The largest absolute Gasteiger partial charge is 0.481 e. The molecule has 3 amide bonds. The van der Waals surface area contributed by atoms with Crippen LogP contribution in [0.3, 0.4) is 0 Å². The summed E-state index contributed by atoms with van der Waals surface area (Å²) in [5.74, 6) is -1.28. The number of urea groups is 1. The Morgan fingerprint density at radius 1 is 1.41 bits per heavy atom. The number of nitrogens with two attached hydrogens (primary N) is 1. The second-order valence-electron chi connectivity index (χ2n) is 4.15. The third kappa shape index (κ3) is 4.71. The lowest BCUT2D eigenvalue weighted by molar-refractivity contribution is -0.138. The van der Waals surface area contributed by atoms with Gasteiger partial charge in [0, 0.05) is 32.5 Å². The second-order valence-corrected chi connectivity index (χ2v) is 4.15. The average Bonchev–Trinajstić information content (AvgIpc) is 2.64. The summed E-state index contributed by atoms with van der Waals surface area (Å²) in [6.07, 6.45) is 0.902. The maximum atomic E-state index is 11.6. The summed E-state index contributed by atoms with van der Waals surface area (Å²) in [6, 6.07) is -0.265. The van der Waals surface area contributed by atoms with E-state index in [2.05, 4.69) is 5.32 Å². The summed E-state index contributed by atoms with van der Waals surface area (Å²) in [5.41, 5.74) is 4.94. The van der Waals surface area contributed by atoms with Gasteiger partial charge >= 0.3 is 12.0 Å². The van der Waals surface area contributed by atoms with Crippen molar-refractivity contribution in [2.24, 2.45) is 11.7 Å². The molecule has 1 unspecified atom stereocenters. The molecule has 1 heterocycles. The molecule has 0 spiro atoms. The number of hydrogen-bond donors (Lipinski definition) is 3. The minimum absolute atomic E-state index is 0.0226. The minimum atomic E-state index is -0.842. The molecule has 0 aromatic rings. The standard InChI is InChI=1S/C10H17N3O4/c11-8(14)1-3-12-10(17)13-4-2-7(6-13)5-9(15)16/h7H,1-6H2,(H2,11,14)(H,12,17)(H,15,16). The lowest BCUT2D eigenvalue weighted by Crippen LogP contribution is -2.39. The molecule has 0 saturated carbocycles. The van der Waals surface area contributed by atoms with Crippen molar-refractivity contribution in [1.29, 1.82) is 0 Å². The Hall–Kier alpha value is -1.79. The Bertz CT molecular complexity index is 319. The van der Waals surface area contributed by atoms with Crippen molar-refractivity contribution < 1.29 is 19.5 Å². The van der Waals surface area contributed by atoms with Gasteiger partial charge in [-0.3, -0.25) is 9.59 Å². The molecule has 1 saturated heterocycles. The molecular weight excluding hydrogens is 226 g/mol. The first kappa shape index (κ1) is 13.3. The Morgan fingerprint density at radius 2 is 2.12 bits per heavy atom. The lowest BCUT2D eigenvalue weighted by atomic mass is 10.1. The Labute approximate surface area is 98.9 Å². The molecule has 4 N–H and O–H groups in total. The van der Waals surface area contributed by atoms with Crippen LogP contribution in [0.5, 0.6) is 0 Å². The van der Waals surface area contributed by atoms with E-state index in [1.54, 1.807) is 4.90 Å². The summed E-state index contributed by atoms with van der Waals surface area (Å²) in [7, 11) is 0. The fraction of sp³-hybridized carbons (Fsp3) is 0.700. The van der Waals surface area contributed by atoms with Crippen molar-refractivity contribution in [2.45, 2.75) is 19.3 Å². The molecule has 1 atom stereocenters. The van der Waals surface area contributed by atoms with Gasteiger partial charge in [0.1, 0.15) is 0 Å². The Kier molecular flexibility index (Phi) is 4.74. The molecule has 7 nitrogen and oxygen atoms in total. The van der Waals surface area contributed by atoms with Crippen LogP contribution in [0.1, 0.15) is 19.3 Å². The lowest BCUT2D eigenvalue weighted by Gasteiger charge is -2.16.